The molecule has 2 aliphatic heterocycles. The van der Waals surface area contributed by atoms with Crippen molar-refractivity contribution in [2.24, 2.45) is 0 Å². The third kappa shape index (κ3) is 6.80. The Hall–Kier alpha value is -4.54. The molecule has 3 aromatic rings. The number of hydrogen-bond acceptors (Lipinski definition) is 7. The van der Waals surface area contributed by atoms with Crippen molar-refractivity contribution in [3.8, 4) is 5.75 Å². The smallest absolute Gasteiger partial charge is 0.339 e. The Bertz CT molecular complexity index is 1840. The standard InChI is InChI=1S/C37H42N2O6SSi/c1-37(2,3)47(6,7)45-34-26-38(46(41,42)30-23-21-29(43-4)22-24-30)25-33(28-17-12-9-13-18-28)39-31(27-15-10-8-11-16-27)19-14-20-32(39)35(34)36(40)44-5/h8-25,32H,26H2,1-7H3/b33-25-,35-34-. The highest BCUT2D eigenvalue weighted by Crippen LogP contribution is 2.43. The lowest BCUT2D eigenvalue weighted by Crippen LogP contribution is -2.46. The summed E-state index contributed by atoms with van der Waals surface area (Å²) < 4.78 is 48.1. The molecule has 1 unspecified atom stereocenters. The van der Waals surface area contributed by atoms with Crippen molar-refractivity contribution >= 4 is 35.7 Å². The lowest BCUT2D eigenvalue weighted by Gasteiger charge is -2.43. The predicted molar refractivity (Wildman–Crippen MR) is 188 cm³/mol. The molecule has 2 aliphatic rings. The van der Waals surface area contributed by atoms with Crippen molar-refractivity contribution in [1.82, 2.24) is 9.21 Å². The van der Waals surface area contributed by atoms with Crippen LogP contribution in [0.3, 0.4) is 0 Å². The minimum absolute atomic E-state index is 0.0720. The molecule has 5 rings (SSSR count). The Morgan fingerprint density at radius 3 is 1.96 bits per heavy atom. The molecule has 0 aliphatic carbocycles. The largest absolute Gasteiger partial charge is 0.545 e. The number of allylic oxidation sites excluding steroid dienone is 2. The van der Waals surface area contributed by atoms with Crippen molar-refractivity contribution < 1.29 is 27.1 Å². The van der Waals surface area contributed by atoms with E-state index in [1.807, 2.05) is 83.8 Å². The maximum absolute atomic E-state index is 14.6. The van der Waals surface area contributed by atoms with Crippen molar-refractivity contribution in [2.75, 3.05) is 20.8 Å². The molecule has 0 spiro atoms. The molecule has 10 heteroatoms. The van der Waals surface area contributed by atoms with Crippen LogP contribution in [-0.2, 0) is 24.0 Å². The van der Waals surface area contributed by atoms with Gasteiger partial charge in [-0.2, -0.15) is 0 Å². The summed E-state index contributed by atoms with van der Waals surface area (Å²) >= 11 is 0. The number of fused-ring (bicyclic) bond motifs is 1. The summed E-state index contributed by atoms with van der Waals surface area (Å²) in [7, 11) is -3.93. The minimum atomic E-state index is -4.18. The maximum Gasteiger partial charge on any atom is 0.339 e. The molecule has 2 heterocycles. The molecule has 0 N–H and O–H groups in total. The molecule has 0 aromatic heterocycles. The summed E-state index contributed by atoms with van der Waals surface area (Å²) in [6.07, 6.45) is 7.47. The molecule has 0 saturated heterocycles. The van der Waals surface area contributed by atoms with E-state index < -0.39 is 30.4 Å². The number of rotatable bonds is 8. The van der Waals surface area contributed by atoms with Gasteiger partial charge in [-0.3, -0.25) is 4.31 Å². The second kappa shape index (κ2) is 13.3. The van der Waals surface area contributed by atoms with Gasteiger partial charge in [0.05, 0.1) is 37.4 Å². The molecule has 0 radical (unpaired) electrons. The maximum atomic E-state index is 14.6. The molecule has 0 fully saturated rings. The summed E-state index contributed by atoms with van der Waals surface area (Å²) in [5.74, 6) is 0.203. The molecule has 0 saturated carbocycles. The van der Waals surface area contributed by atoms with Crippen LogP contribution in [0.2, 0.25) is 18.1 Å². The fourth-order valence-electron chi connectivity index (χ4n) is 5.31. The number of sulfonamides is 1. The van der Waals surface area contributed by atoms with Crippen molar-refractivity contribution in [3.63, 3.8) is 0 Å². The first-order valence-corrected chi connectivity index (χ1v) is 19.8. The average molecular weight is 671 g/mol. The van der Waals surface area contributed by atoms with Gasteiger partial charge in [-0.15, -0.1) is 0 Å². The van der Waals surface area contributed by atoms with E-state index in [1.165, 1.54) is 30.7 Å². The Balaban J connectivity index is 1.85. The van der Waals surface area contributed by atoms with Crippen LogP contribution in [0.1, 0.15) is 31.9 Å². The molecule has 246 valence electrons. The zero-order chi connectivity index (χ0) is 34.0. The van der Waals surface area contributed by atoms with Crippen LogP contribution in [-0.4, -0.2) is 58.7 Å². The molecule has 1 atom stereocenters. The second-order valence-electron chi connectivity index (χ2n) is 12.9. The van der Waals surface area contributed by atoms with Gasteiger partial charge < -0.3 is 18.8 Å². The van der Waals surface area contributed by atoms with Crippen LogP contribution in [0.4, 0.5) is 0 Å². The third-order valence-electron chi connectivity index (χ3n) is 8.90. The summed E-state index contributed by atoms with van der Waals surface area (Å²) in [6.45, 7) is 10.2. The van der Waals surface area contributed by atoms with Crippen LogP contribution in [0.25, 0.3) is 11.4 Å². The number of carbonyl (C=O) groups is 1. The Morgan fingerprint density at radius 1 is 0.851 bits per heavy atom. The molecule has 0 bridgehead atoms. The van der Waals surface area contributed by atoms with Gasteiger partial charge >= 0.3 is 5.97 Å². The monoisotopic (exact) mass is 670 g/mol. The van der Waals surface area contributed by atoms with E-state index in [9.17, 15) is 13.2 Å². The minimum Gasteiger partial charge on any atom is -0.545 e. The van der Waals surface area contributed by atoms with Crippen molar-refractivity contribution in [1.29, 1.82) is 0 Å². The second-order valence-corrected chi connectivity index (χ2v) is 19.5. The van der Waals surface area contributed by atoms with Crippen LogP contribution in [0, 0.1) is 0 Å². The molecule has 0 amide bonds. The van der Waals surface area contributed by atoms with Gasteiger partial charge in [-0.1, -0.05) is 93.6 Å². The number of nitrogens with zero attached hydrogens (tertiary/aromatic N) is 2. The van der Waals surface area contributed by atoms with Gasteiger partial charge in [-0.05, 0) is 59.6 Å². The van der Waals surface area contributed by atoms with Gasteiger partial charge in [0.25, 0.3) is 10.0 Å². The van der Waals surface area contributed by atoms with Gasteiger partial charge in [-0.25, -0.2) is 13.2 Å². The zero-order valence-electron chi connectivity index (χ0n) is 27.9. The number of benzene rings is 3. The van der Waals surface area contributed by atoms with Gasteiger partial charge in [0, 0.05) is 11.9 Å². The highest BCUT2D eigenvalue weighted by molar-refractivity contribution is 7.89. The number of esters is 1. The lowest BCUT2D eigenvalue weighted by molar-refractivity contribution is -0.136. The summed E-state index contributed by atoms with van der Waals surface area (Å²) in [5.41, 5.74) is 3.27. The van der Waals surface area contributed by atoms with Crippen LogP contribution < -0.4 is 4.74 Å². The van der Waals surface area contributed by atoms with Crippen molar-refractivity contribution in [2.45, 2.75) is 49.8 Å². The van der Waals surface area contributed by atoms with E-state index in [0.717, 1.165) is 16.8 Å². The highest BCUT2D eigenvalue weighted by Gasteiger charge is 2.44. The number of ether oxygens (including phenoxy) is 2. The normalized spacial score (nSPS) is 19.9. The quantitative estimate of drug-likeness (QED) is 0.182. The summed E-state index contributed by atoms with van der Waals surface area (Å²) in [4.78, 5) is 16.1. The Morgan fingerprint density at radius 2 is 1.43 bits per heavy atom. The molecule has 3 aromatic carbocycles. The fourth-order valence-corrected chi connectivity index (χ4v) is 7.68. The fraction of sp³-hybridized carbons (Fsp3) is 0.270. The van der Waals surface area contributed by atoms with E-state index in [-0.39, 0.29) is 27.8 Å². The van der Waals surface area contributed by atoms with Crippen LogP contribution >= 0.6 is 0 Å². The van der Waals surface area contributed by atoms with Crippen LogP contribution in [0.5, 0.6) is 5.75 Å². The van der Waals surface area contributed by atoms with E-state index in [2.05, 4.69) is 33.9 Å². The zero-order valence-corrected chi connectivity index (χ0v) is 29.7. The van der Waals surface area contributed by atoms with Gasteiger partial charge in [0.2, 0.25) is 8.32 Å². The molecule has 8 nitrogen and oxygen atoms in total. The lowest BCUT2D eigenvalue weighted by atomic mass is 9.94. The Labute approximate surface area is 279 Å². The van der Waals surface area contributed by atoms with Crippen molar-refractivity contribution in [3.05, 3.63) is 132 Å². The third-order valence-corrected chi connectivity index (χ3v) is 15.0. The van der Waals surface area contributed by atoms with Crippen LogP contribution in [0.15, 0.2) is 126 Å². The first-order valence-electron chi connectivity index (χ1n) is 15.4. The number of hydrogen-bond donors (Lipinski definition) is 0. The van der Waals surface area contributed by atoms with E-state index >= 15 is 0 Å². The number of methoxy groups -OCH3 is 2. The summed E-state index contributed by atoms with van der Waals surface area (Å²) in [5, 5.41) is -0.245. The average Bonchev–Trinajstić information content (AvgIpc) is 3.05. The molecular formula is C37H42N2O6SSi. The number of carbonyl (C=O) groups excluding carboxylic acids is 1. The summed E-state index contributed by atoms with van der Waals surface area (Å²) in [6, 6.07) is 25.0. The SMILES string of the molecule is COC(=O)/C1=C(\O[Si](C)(C)C(C)(C)C)CN(S(=O)(=O)c2ccc(OC)cc2)/C=C(/c2ccccc2)N2C(c3ccccc3)=CC=CC12. The Kier molecular flexibility index (Phi) is 9.56. The van der Waals surface area contributed by atoms with E-state index in [0.29, 0.717) is 11.4 Å². The van der Waals surface area contributed by atoms with E-state index in [1.54, 1.807) is 18.3 Å². The van der Waals surface area contributed by atoms with E-state index in [4.69, 9.17) is 13.9 Å². The van der Waals surface area contributed by atoms with Gasteiger partial charge in [0.15, 0.2) is 0 Å². The van der Waals surface area contributed by atoms with Gasteiger partial charge in [0.1, 0.15) is 17.1 Å². The topological polar surface area (TPSA) is 85.4 Å². The first kappa shape index (κ1) is 33.8. The highest BCUT2D eigenvalue weighted by atomic mass is 32.2. The predicted octanol–water partition coefficient (Wildman–Crippen LogP) is 7.43. The molecule has 47 heavy (non-hydrogen) atoms. The first-order chi connectivity index (χ1) is 22.3. The molecular weight excluding hydrogens is 629 g/mol.